The summed E-state index contributed by atoms with van der Waals surface area (Å²) in [5.74, 6) is 2.97. The van der Waals surface area contributed by atoms with E-state index in [0.717, 1.165) is 23.8 Å². The normalized spacial score (nSPS) is 38.6. The maximum absolute atomic E-state index is 3.74. The van der Waals surface area contributed by atoms with Crippen LogP contribution in [0.4, 0.5) is 0 Å². The van der Waals surface area contributed by atoms with Crippen molar-refractivity contribution in [3.05, 3.63) is 0 Å². The highest BCUT2D eigenvalue weighted by Gasteiger charge is 2.25. The number of nitrogens with one attached hydrogen (secondary N) is 1. The van der Waals surface area contributed by atoms with Crippen LogP contribution in [-0.4, -0.2) is 12.6 Å². The van der Waals surface area contributed by atoms with Crippen LogP contribution in [0.5, 0.6) is 0 Å². The van der Waals surface area contributed by atoms with Gasteiger partial charge in [0, 0.05) is 6.04 Å². The van der Waals surface area contributed by atoms with Crippen LogP contribution in [-0.2, 0) is 0 Å². The van der Waals surface area contributed by atoms with Crippen molar-refractivity contribution in [1.82, 2.24) is 5.32 Å². The zero-order chi connectivity index (χ0) is 9.97. The average Bonchev–Trinajstić information content (AvgIpc) is 2.95. The van der Waals surface area contributed by atoms with Gasteiger partial charge in [-0.2, -0.15) is 0 Å². The summed E-state index contributed by atoms with van der Waals surface area (Å²) in [6.07, 6.45) is 8.68. The molecule has 0 bridgehead atoms. The van der Waals surface area contributed by atoms with Crippen LogP contribution in [0, 0.1) is 17.8 Å². The number of hydrogen-bond acceptors (Lipinski definition) is 1. The molecule has 82 valence electrons. The monoisotopic (exact) mass is 195 g/mol. The van der Waals surface area contributed by atoms with E-state index in [1.165, 1.54) is 45.1 Å². The Morgan fingerprint density at radius 3 is 2.43 bits per heavy atom. The molecule has 0 aromatic rings. The Hall–Kier alpha value is -0.0400. The minimum atomic E-state index is 0.833. The lowest BCUT2D eigenvalue weighted by Gasteiger charge is -2.32. The minimum absolute atomic E-state index is 0.833. The summed E-state index contributed by atoms with van der Waals surface area (Å²) in [4.78, 5) is 0. The van der Waals surface area contributed by atoms with Crippen molar-refractivity contribution < 1.29 is 0 Å². The van der Waals surface area contributed by atoms with Crippen LogP contribution in [0.2, 0.25) is 0 Å². The van der Waals surface area contributed by atoms with Crippen molar-refractivity contribution in [2.45, 2.75) is 58.4 Å². The van der Waals surface area contributed by atoms with Crippen molar-refractivity contribution in [2.75, 3.05) is 6.54 Å². The fraction of sp³-hybridized carbons (Fsp3) is 1.00. The molecular formula is C13H25N. The highest BCUT2D eigenvalue weighted by atomic mass is 14.9. The number of rotatable bonds is 4. The molecule has 0 radical (unpaired) electrons. The second-order valence-corrected chi connectivity index (χ2v) is 5.65. The molecule has 2 fully saturated rings. The Morgan fingerprint density at radius 1 is 1.00 bits per heavy atom. The smallest absolute Gasteiger partial charge is 0.00698 e. The predicted octanol–water partition coefficient (Wildman–Crippen LogP) is 3.20. The first-order valence-corrected chi connectivity index (χ1v) is 6.49. The minimum Gasteiger partial charge on any atom is -0.314 e. The fourth-order valence-corrected chi connectivity index (χ4v) is 2.63. The lowest BCUT2D eigenvalue weighted by molar-refractivity contribution is 0.226. The second-order valence-electron chi connectivity index (χ2n) is 5.65. The first-order chi connectivity index (χ1) is 6.75. The van der Waals surface area contributed by atoms with Gasteiger partial charge in [0.1, 0.15) is 0 Å². The molecule has 14 heavy (non-hydrogen) atoms. The van der Waals surface area contributed by atoms with E-state index in [4.69, 9.17) is 0 Å². The third-order valence-corrected chi connectivity index (χ3v) is 4.28. The molecule has 2 aliphatic rings. The molecular weight excluding hydrogens is 170 g/mol. The Morgan fingerprint density at radius 2 is 1.79 bits per heavy atom. The van der Waals surface area contributed by atoms with Crippen LogP contribution in [0.15, 0.2) is 0 Å². The second kappa shape index (κ2) is 4.65. The highest BCUT2D eigenvalue weighted by molar-refractivity contribution is 4.81. The molecule has 1 heteroatoms. The topological polar surface area (TPSA) is 12.0 Å². The summed E-state index contributed by atoms with van der Waals surface area (Å²) < 4.78 is 0. The van der Waals surface area contributed by atoms with E-state index in [1.807, 2.05) is 0 Å². The van der Waals surface area contributed by atoms with Crippen molar-refractivity contribution in [3.8, 4) is 0 Å². The molecule has 3 atom stereocenters. The van der Waals surface area contributed by atoms with Gasteiger partial charge in [0.05, 0.1) is 0 Å². The summed E-state index contributed by atoms with van der Waals surface area (Å²) in [5, 5.41) is 3.74. The van der Waals surface area contributed by atoms with Crippen LogP contribution in [0.3, 0.4) is 0 Å². The van der Waals surface area contributed by atoms with Gasteiger partial charge >= 0.3 is 0 Å². The Balaban J connectivity index is 1.60. The van der Waals surface area contributed by atoms with Gasteiger partial charge in [-0.05, 0) is 50.0 Å². The van der Waals surface area contributed by atoms with Gasteiger partial charge in [-0.1, -0.05) is 26.7 Å². The zero-order valence-corrected chi connectivity index (χ0v) is 9.76. The lowest BCUT2D eigenvalue weighted by atomic mass is 9.79. The van der Waals surface area contributed by atoms with Crippen LogP contribution >= 0.6 is 0 Å². The quantitative estimate of drug-likeness (QED) is 0.726. The third kappa shape index (κ3) is 2.98. The van der Waals surface area contributed by atoms with E-state index in [9.17, 15) is 0 Å². The molecule has 0 amide bonds. The SMILES string of the molecule is CC1CCC(NCCC2CC2)CC1C. The van der Waals surface area contributed by atoms with Crippen LogP contribution in [0.1, 0.15) is 52.4 Å². The standard InChI is InChI=1S/C13H25N/c1-10-3-6-13(9-11(10)2)14-8-7-12-4-5-12/h10-14H,3-9H2,1-2H3. The fourth-order valence-electron chi connectivity index (χ4n) is 2.63. The first-order valence-electron chi connectivity index (χ1n) is 6.49. The van der Waals surface area contributed by atoms with Crippen molar-refractivity contribution in [3.63, 3.8) is 0 Å². The molecule has 2 saturated carbocycles. The third-order valence-electron chi connectivity index (χ3n) is 4.28. The van der Waals surface area contributed by atoms with Gasteiger partial charge in [-0.25, -0.2) is 0 Å². The van der Waals surface area contributed by atoms with Gasteiger partial charge in [-0.15, -0.1) is 0 Å². The molecule has 0 spiro atoms. The molecule has 0 heterocycles. The van der Waals surface area contributed by atoms with Gasteiger partial charge in [-0.3, -0.25) is 0 Å². The first kappa shape index (κ1) is 10.5. The zero-order valence-electron chi connectivity index (χ0n) is 9.76. The van der Waals surface area contributed by atoms with Crippen molar-refractivity contribution in [2.24, 2.45) is 17.8 Å². The molecule has 0 aromatic carbocycles. The molecule has 1 N–H and O–H groups in total. The molecule has 3 unspecified atom stereocenters. The molecule has 2 aliphatic carbocycles. The van der Waals surface area contributed by atoms with Crippen molar-refractivity contribution >= 4 is 0 Å². The summed E-state index contributed by atoms with van der Waals surface area (Å²) in [5.41, 5.74) is 0. The maximum Gasteiger partial charge on any atom is 0.00698 e. The van der Waals surface area contributed by atoms with Crippen LogP contribution in [0.25, 0.3) is 0 Å². The Bertz CT molecular complexity index is 174. The van der Waals surface area contributed by atoms with Crippen LogP contribution < -0.4 is 5.32 Å². The Kier molecular flexibility index (Phi) is 3.48. The van der Waals surface area contributed by atoms with E-state index in [1.54, 1.807) is 0 Å². The average molecular weight is 195 g/mol. The predicted molar refractivity (Wildman–Crippen MR) is 61.3 cm³/mol. The highest BCUT2D eigenvalue weighted by Crippen LogP contribution is 2.32. The maximum atomic E-state index is 3.74. The van der Waals surface area contributed by atoms with Gasteiger partial charge in [0.25, 0.3) is 0 Å². The van der Waals surface area contributed by atoms with E-state index in [0.29, 0.717) is 0 Å². The molecule has 1 nitrogen and oxygen atoms in total. The van der Waals surface area contributed by atoms with Gasteiger partial charge in [0.2, 0.25) is 0 Å². The summed E-state index contributed by atoms with van der Waals surface area (Å²) in [6.45, 7) is 6.10. The molecule has 0 saturated heterocycles. The lowest BCUT2D eigenvalue weighted by Crippen LogP contribution is -2.36. The van der Waals surface area contributed by atoms with E-state index < -0.39 is 0 Å². The van der Waals surface area contributed by atoms with Crippen molar-refractivity contribution in [1.29, 1.82) is 0 Å². The number of hydrogen-bond donors (Lipinski definition) is 1. The van der Waals surface area contributed by atoms with E-state index >= 15 is 0 Å². The van der Waals surface area contributed by atoms with Gasteiger partial charge in [0.15, 0.2) is 0 Å². The van der Waals surface area contributed by atoms with E-state index in [-0.39, 0.29) is 0 Å². The summed E-state index contributed by atoms with van der Waals surface area (Å²) in [7, 11) is 0. The summed E-state index contributed by atoms with van der Waals surface area (Å²) in [6, 6.07) is 0.833. The molecule has 0 aromatic heterocycles. The van der Waals surface area contributed by atoms with Gasteiger partial charge < -0.3 is 5.32 Å². The molecule has 2 rings (SSSR count). The Labute approximate surface area is 88.7 Å². The molecule has 0 aliphatic heterocycles. The summed E-state index contributed by atoms with van der Waals surface area (Å²) >= 11 is 0. The largest absolute Gasteiger partial charge is 0.314 e. The van der Waals surface area contributed by atoms with E-state index in [2.05, 4.69) is 19.2 Å².